The predicted octanol–water partition coefficient (Wildman–Crippen LogP) is 1.89. The molecule has 1 unspecified atom stereocenters. The van der Waals surface area contributed by atoms with Crippen LogP contribution in [-0.2, 0) is 11.3 Å². The first-order valence-electron chi connectivity index (χ1n) is 5.99. The van der Waals surface area contributed by atoms with Gasteiger partial charge in [0, 0.05) is 20.1 Å². The highest BCUT2D eigenvalue weighted by Gasteiger charge is 2.35. The number of likely N-dealkylation sites (N-methyl/N-ethyl adjacent to an activating group) is 1. The molecule has 0 aromatic heterocycles. The van der Waals surface area contributed by atoms with E-state index in [0.717, 1.165) is 16.0 Å². The number of carbonyl (C=O) groups is 1. The van der Waals surface area contributed by atoms with Crippen LogP contribution in [0.4, 0.5) is 13.2 Å². The second-order valence-electron chi connectivity index (χ2n) is 4.69. The Morgan fingerprint density at radius 1 is 1.42 bits per heavy atom. The van der Waals surface area contributed by atoms with Gasteiger partial charge in [-0.15, -0.1) is 0 Å². The van der Waals surface area contributed by atoms with Crippen LogP contribution in [0.1, 0.15) is 17.0 Å². The Balaban J connectivity index is 2.17. The molecular weight excluding hydrogens is 257 g/mol. The van der Waals surface area contributed by atoms with E-state index < -0.39 is 24.5 Å². The highest BCUT2D eigenvalue weighted by molar-refractivity contribution is 5.84. The summed E-state index contributed by atoms with van der Waals surface area (Å²) in [5.74, 6) is -1.05. The number of rotatable bonds is 2. The number of halogens is 3. The smallest absolute Gasteiger partial charge is 0.336 e. The van der Waals surface area contributed by atoms with Crippen LogP contribution in [-0.4, -0.2) is 37.1 Å². The Labute approximate surface area is 109 Å². The molecule has 104 valence electrons. The third-order valence-corrected chi connectivity index (χ3v) is 3.19. The standard InChI is InChI=1S/C13H15F3N2O/c1-18(8-13(14,15)16)12(19)11-7-17-6-9-4-2-3-5-10(9)11/h2-5,11,17H,6-8H2,1H3. The molecule has 0 bridgehead atoms. The van der Waals surface area contributed by atoms with E-state index in [0.29, 0.717) is 13.1 Å². The van der Waals surface area contributed by atoms with Crippen molar-refractivity contribution in [3.8, 4) is 0 Å². The van der Waals surface area contributed by atoms with Gasteiger partial charge >= 0.3 is 6.18 Å². The number of nitrogens with one attached hydrogen (secondary N) is 1. The molecule has 0 spiro atoms. The van der Waals surface area contributed by atoms with Crippen LogP contribution in [0.2, 0.25) is 0 Å². The molecular formula is C13H15F3N2O. The normalized spacial score (nSPS) is 18.8. The lowest BCUT2D eigenvalue weighted by molar-refractivity contribution is -0.159. The highest BCUT2D eigenvalue weighted by atomic mass is 19.4. The van der Waals surface area contributed by atoms with Crippen molar-refractivity contribution < 1.29 is 18.0 Å². The van der Waals surface area contributed by atoms with Gasteiger partial charge in [0.05, 0.1) is 5.92 Å². The number of fused-ring (bicyclic) bond motifs is 1. The number of amides is 1. The van der Waals surface area contributed by atoms with Crippen molar-refractivity contribution in [3.05, 3.63) is 35.4 Å². The van der Waals surface area contributed by atoms with Gasteiger partial charge in [0.1, 0.15) is 6.54 Å². The maximum absolute atomic E-state index is 12.3. The van der Waals surface area contributed by atoms with Crippen molar-refractivity contribution in [3.63, 3.8) is 0 Å². The lowest BCUT2D eigenvalue weighted by atomic mass is 9.90. The van der Waals surface area contributed by atoms with Crippen LogP contribution in [0.25, 0.3) is 0 Å². The molecule has 6 heteroatoms. The van der Waals surface area contributed by atoms with E-state index in [-0.39, 0.29) is 0 Å². The molecule has 1 aromatic rings. The molecule has 19 heavy (non-hydrogen) atoms. The fourth-order valence-electron chi connectivity index (χ4n) is 2.33. The number of carbonyl (C=O) groups excluding carboxylic acids is 1. The molecule has 1 amide bonds. The van der Waals surface area contributed by atoms with E-state index in [1.807, 2.05) is 12.1 Å². The van der Waals surface area contributed by atoms with Crippen LogP contribution in [0.5, 0.6) is 0 Å². The monoisotopic (exact) mass is 272 g/mol. The minimum absolute atomic E-state index is 0.373. The largest absolute Gasteiger partial charge is 0.406 e. The molecule has 1 aliphatic heterocycles. The van der Waals surface area contributed by atoms with Gasteiger partial charge in [-0.05, 0) is 11.1 Å². The van der Waals surface area contributed by atoms with Gasteiger partial charge in [-0.3, -0.25) is 4.79 Å². The van der Waals surface area contributed by atoms with E-state index in [2.05, 4.69) is 5.32 Å². The van der Waals surface area contributed by atoms with Crippen molar-refractivity contribution in [2.45, 2.75) is 18.6 Å². The summed E-state index contributed by atoms with van der Waals surface area (Å²) in [7, 11) is 1.19. The summed E-state index contributed by atoms with van der Waals surface area (Å²) in [4.78, 5) is 12.9. The zero-order valence-electron chi connectivity index (χ0n) is 10.5. The lowest BCUT2D eigenvalue weighted by Gasteiger charge is -2.29. The summed E-state index contributed by atoms with van der Waals surface area (Å²) in [6.45, 7) is -0.203. The second-order valence-corrected chi connectivity index (χ2v) is 4.69. The first-order valence-corrected chi connectivity index (χ1v) is 5.99. The number of benzene rings is 1. The van der Waals surface area contributed by atoms with Gasteiger partial charge in [-0.2, -0.15) is 13.2 Å². The van der Waals surface area contributed by atoms with E-state index in [1.165, 1.54) is 7.05 Å². The van der Waals surface area contributed by atoms with Crippen molar-refractivity contribution in [2.24, 2.45) is 0 Å². The van der Waals surface area contributed by atoms with Crippen molar-refractivity contribution >= 4 is 5.91 Å². The molecule has 1 heterocycles. The summed E-state index contributed by atoms with van der Waals surface area (Å²) in [5.41, 5.74) is 1.78. The highest BCUT2D eigenvalue weighted by Crippen LogP contribution is 2.26. The minimum Gasteiger partial charge on any atom is -0.336 e. The third kappa shape index (κ3) is 3.26. The average molecular weight is 272 g/mol. The van der Waals surface area contributed by atoms with Crippen LogP contribution >= 0.6 is 0 Å². The molecule has 3 nitrogen and oxygen atoms in total. The van der Waals surface area contributed by atoms with Gasteiger partial charge < -0.3 is 10.2 Å². The van der Waals surface area contributed by atoms with Crippen molar-refractivity contribution in [2.75, 3.05) is 20.1 Å². The lowest BCUT2D eigenvalue weighted by Crippen LogP contribution is -2.43. The van der Waals surface area contributed by atoms with E-state index >= 15 is 0 Å². The number of hydrogen-bond donors (Lipinski definition) is 1. The Morgan fingerprint density at radius 2 is 2.11 bits per heavy atom. The van der Waals surface area contributed by atoms with E-state index in [4.69, 9.17) is 0 Å². The number of alkyl halides is 3. The van der Waals surface area contributed by atoms with Gasteiger partial charge in [0.2, 0.25) is 5.91 Å². The van der Waals surface area contributed by atoms with Crippen LogP contribution < -0.4 is 5.32 Å². The molecule has 1 N–H and O–H groups in total. The van der Waals surface area contributed by atoms with Gasteiger partial charge in [0.15, 0.2) is 0 Å². The number of hydrogen-bond acceptors (Lipinski definition) is 2. The molecule has 1 atom stereocenters. The van der Waals surface area contributed by atoms with Gasteiger partial charge in [-0.25, -0.2) is 0 Å². The summed E-state index contributed by atoms with van der Waals surface area (Å²) in [6, 6.07) is 7.34. The summed E-state index contributed by atoms with van der Waals surface area (Å²) in [6.07, 6.45) is -4.37. The van der Waals surface area contributed by atoms with Gasteiger partial charge in [0.25, 0.3) is 0 Å². The first-order chi connectivity index (χ1) is 8.88. The zero-order chi connectivity index (χ0) is 14.0. The molecule has 0 saturated carbocycles. The molecule has 0 fully saturated rings. The fraction of sp³-hybridized carbons (Fsp3) is 0.462. The average Bonchev–Trinajstić information content (AvgIpc) is 2.35. The molecule has 0 aliphatic carbocycles. The molecule has 0 saturated heterocycles. The molecule has 0 radical (unpaired) electrons. The van der Waals surface area contributed by atoms with Crippen LogP contribution in [0.3, 0.4) is 0 Å². The van der Waals surface area contributed by atoms with Crippen LogP contribution in [0.15, 0.2) is 24.3 Å². The maximum Gasteiger partial charge on any atom is 0.406 e. The Kier molecular flexibility index (Phi) is 3.80. The van der Waals surface area contributed by atoms with E-state index in [9.17, 15) is 18.0 Å². The van der Waals surface area contributed by atoms with E-state index in [1.54, 1.807) is 12.1 Å². The van der Waals surface area contributed by atoms with Crippen LogP contribution in [0, 0.1) is 0 Å². The predicted molar refractivity (Wildman–Crippen MR) is 64.6 cm³/mol. The minimum atomic E-state index is -4.37. The molecule has 1 aliphatic rings. The number of nitrogens with zero attached hydrogens (tertiary/aromatic N) is 1. The second kappa shape index (κ2) is 5.21. The Bertz CT molecular complexity index is 473. The molecule has 1 aromatic carbocycles. The van der Waals surface area contributed by atoms with Crippen molar-refractivity contribution in [1.29, 1.82) is 0 Å². The fourth-order valence-corrected chi connectivity index (χ4v) is 2.33. The summed E-state index contributed by atoms with van der Waals surface area (Å²) >= 11 is 0. The first kappa shape index (κ1) is 13.9. The van der Waals surface area contributed by atoms with Gasteiger partial charge in [-0.1, -0.05) is 24.3 Å². The summed E-state index contributed by atoms with van der Waals surface area (Å²) < 4.78 is 37.0. The van der Waals surface area contributed by atoms with Crippen molar-refractivity contribution in [1.82, 2.24) is 10.2 Å². The zero-order valence-corrected chi connectivity index (χ0v) is 10.5. The Hall–Kier alpha value is -1.56. The quantitative estimate of drug-likeness (QED) is 0.891. The molecule has 2 rings (SSSR count). The third-order valence-electron chi connectivity index (χ3n) is 3.19. The maximum atomic E-state index is 12.3. The SMILES string of the molecule is CN(CC(F)(F)F)C(=O)C1CNCc2ccccc21. The Morgan fingerprint density at radius 3 is 2.79 bits per heavy atom. The summed E-state index contributed by atoms with van der Waals surface area (Å²) in [5, 5.41) is 3.06. The topological polar surface area (TPSA) is 32.3 Å².